The molecule has 1 aromatic heterocycles. The van der Waals surface area contributed by atoms with E-state index in [1.807, 2.05) is 26.8 Å². The summed E-state index contributed by atoms with van der Waals surface area (Å²) in [5, 5.41) is 9.81. The summed E-state index contributed by atoms with van der Waals surface area (Å²) in [5.41, 5.74) is 0.891. The largest absolute Gasteiger partial charge is 0.481 e. The Bertz CT molecular complexity index is 695. The second kappa shape index (κ2) is 6.79. The number of hydrogen-bond donors (Lipinski definition) is 1. The molecule has 0 radical (unpaired) electrons. The van der Waals surface area contributed by atoms with Crippen molar-refractivity contribution in [3.63, 3.8) is 0 Å². The molecule has 1 heterocycles. The van der Waals surface area contributed by atoms with Gasteiger partial charge in [0.1, 0.15) is 10.4 Å². The molecule has 0 aliphatic rings. The molecule has 3 nitrogen and oxygen atoms in total. The Hall–Kier alpha value is -1.75. The van der Waals surface area contributed by atoms with Crippen molar-refractivity contribution in [2.24, 2.45) is 11.3 Å². The van der Waals surface area contributed by atoms with E-state index in [1.54, 1.807) is 24.3 Å². The van der Waals surface area contributed by atoms with E-state index < -0.39 is 23.2 Å². The minimum atomic E-state index is -0.895. The standard InChI is InChI=1S/C18H19BrFNO2/c1-18(2,3)16(17(22)23)15(11-7-9-12(20)10-8-11)13-5-4-6-14(19)21-13/h4-10,15-16H,1-3H3,(H,22,23). The van der Waals surface area contributed by atoms with Crippen molar-refractivity contribution in [1.29, 1.82) is 0 Å². The third kappa shape index (κ3) is 4.16. The van der Waals surface area contributed by atoms with E-state index in [4.69, 9.17) is 0 Å². The summed E-state index contributed by atoms with van der Waals surface area (Å²) in [4.78, 5) is 16.4. The molecule has 1 N–H and O–H groups in total. The fourth-order valence-electron chi connectivity index (χ4n) is 2.81. The van der Waals surface area contributed by atoms with Gasteiger partial charge >= 0.3 is 5.97 Å². The van der Waals surface area contributed by atoms with Gasteiger partial charge in [0.05, 0.1) is 11.6 Å². The average molecular weight is 380 g/mol. The highest BCUT2D eigenvalue weighted by atomic mass is 79.9. The molecule has 0 aliphatic heterocycles. The quantitative estimate of drug-likeness (QED) is 0.771. The molecule has 1 aromatic carbocycles. The second-order valence-corrected chi connectivity index (χ2v) is 7.41. The highest BCUT2D eigenvalue weighted by Gasteiger charge is 2.40. The van der Waals surface area contributed by atoms with Gasteiger partial charge in [-0.05, 0) is 51.2 Å². The Kier molecular flexibility index (Phi) is 5.19. The van der Waals surface area contributed by atoms with Crippen LogP contribution >= 0.6 is 15.9 Å². The van der Waals surface area contributed by atoms with Crippen LogP contribution in [0.3, 0.4) is 0 Å². The van der Waals surface area contributed by atoms with E-state index in [9.17, 15) is 14.3 Å². The Morgan fingerprint density at radius 2 is 1.78 bits per heavy atom. The second-order valence-electron chi connectivity index (χ2n) is 6.60. The first-order chi connectivity index (χ1) is 10.7. The van der Waals surface area contributed by atoms with Crippen molar-refractivity contribution in [2.45, 2.75) is 26.7 Å². The number of aromatic nitrogens is 1. The van der Waals surface area contributed by atoms with Gasteiger partial charge in [-0.25, -0.2) is 9.37 Å². The first kappa shape index (κ1) is 17.6. The molecule has 2 unspecified atom stereocenters. The zero-order valence-electron chi connectivity index (χ0n) is 13.3. The Balaban J connectivity index is 2.63. The number of benzene rings is 1. The number of aliphatic carboxylic acids is 1. The fraction of sp³-hybridized carbons (Fsp3) is 0.333. The highest BCUT2D eigenvalue weighted by Crippen LogP contribution is 2.41. The minimum absolute atomic E-state index is 0.350. The minimum Gasteiger partial charge on any atom is -0.481 e. The molecule has 2 atom stereocenters. The molecule has 122 valence electrons. The van der Waals surface area contributed by atoms with Gasteiger partial charge in [0.2, 0.25) is 0 Å². The average Bonchev–Trinajstić information content (AvgIpc) is 2.44. The molecule has 0 saturated heterocycles. The maximum Gasteiger partial charge on any atom is 0.308 e. The van der Waals surface area contributed by atoms with Gasteiger partial charge in [-0.2, -0.15) is 0 Å². The number of carboxylic acid groups (broad SMARTS) is 1. The number of rotatable bonds is 4. The summed E-state index contributed by atoms with van der Waals surface area (Å²) in [5.74, 6) is -2.41. The first-order valence-corrected chi connectivity index (χ1v) is 8.10. The topological polar surface area (TPSA) is 50.2 Å². The Labute approximate surface area is 143 Å². The third-order valence-corrected chi connectivity index (χ3v) is 4.26. The van der Waals surface area contributed by atoms with Crippen molar-refractivity contribution in [2.75, 3.05) is 0 Å². The van der Waals surface area contributed by atoms with Gasteiger partial charge in [0.15, 0.2) is 0 Å². The van der Waals surface area contributed by atoms with Crippen molar-refractivity contribution in [3.05, 3.63) is 64.1 Å². The van der Waals surface area contributed by atoms with E-state index >= 15 is 0 Å². The van der Waals surface area contributed by atoms with Crippen LogP contribution < -0.4 is 0 Å². The van der Waals surface area contributed by atoms with Crippen LogP contribution in [-0.4, -0.2) is 16.1 Å². The summed E-state index contributed by atoms with van der Waals surface area (Å²) in [6.45, 7) is 5.67. The SMILES string of the molecule is CC(C)(C)C(C(=O)O)C(c1ccc(F)cc1)c1cccc(Br)n1. The van der Waals surface area contributed by atoms with Gasteiger partial charge in [0.25, 0.3) is 0 Å². The van der Waals surface area contributed by atoms with Crippen molar-refractivity contribution < 1.29 is 14.3 Å². The number of carboxylic acids is 1. The predicted molar refractivity (Wildman–Crippen MR) is 90.8 cm³/mol. The highest BCUT2D eigenvalue weighted by molar-refractivity contribution is 9.10. The van der Waals surface area contributed by atoms with Crippen LogP contribution in [-0.2, 0) is 4.79 Å². The molecule has 0 amide bonds. The number of pyridine rings is 1. The van der Waals surface area contributed by atoms with Crippen molar-refractivity contribution in [1.82, 2.24) is 4.98 Å². The number of nitrogens with zero attached hydrogens (tertiary/aromatic N) is 1. The number of hydrogen-bond acceptors (Lipinski definition) is 2. The monoisotopic (exact) mass is 379 g/mol. The molecule has 0 spiro atoms. The smallest absolute Gasteiger partial charge is 0.308 e. The molecule has 0 aliphatic carbocycles. The number of carbonyl (C=O) groups is 1. The Morgan fingerprint density at radius 1 is 1.17 bits per heavy atom. The van der Waals surface area contributed by atoms with E-state index in [2.05, 4.69) is 20.9 Å². The van der Waals surface area contributed by atoms with E-state index in [1.165, 1.54) is 12.1 Å². The summed E-state index contributed by atoms with van der Waals surface area (Å²) < 4.78 is 13.9. The van der Waals surface area contributed by atoms with E-state index in [0.29, 0.717) is 10.3 Å². The van der Waals surface area contributed by atoms with Crippen LogP contribution in [0.25, 0.3) is 0 Å². The van der Waals surface area contributed by atoms with Gasteiger partial charge in [0, 0.05) is 5.92 Å². The molecular formula is C18H19BrFNO2. The predicted octanol–water partition coefficient (Wildman–Crippen LogP) is 4.86. The summed E-state index contributed by atoms with van der Waals surface area (Å²) in [6, 6.07) is 11.4. The normalized spacial score (nSPS) is 14.3. The molecule has 2 rings (SSSR count). The lowest BCUT2D eigenvalue weighted by Crippen LogP contribution is -2.35. The maximum absolute atomic E-state index is 13.3. The van der Waals surface area contributed by atoms with Crippen LogP contribution in [0.4, 0.5) is 4.39 Å². The molecule has 2 aromatic rings. The molecule has 23 heavy (non-hydrogen) atoms. The van der Waals surface area contributed by atoms with Crippen LogP contribution in [0.5, 0.6) is 0 Å². The third-order valence-electron chi connectivity index (χ3n) is 3.82. The fourth-order valence-corrected chi connectivity index (χ4v) is 3.17. The van der Waals surface area contributed by atoms with E-state index in [0.717, 1.165) is 5.56 Å². The zero-order valence-corrected chi connectivity index (χ0v) is 14.8. The molecule has 0 bridgehead atoms. The first-order valence-electron chi connectivity index (χ1n) is 7.31. The van der Waals surface area contributed by atoms with Crippen LogP contribution in [0.1, 0.15) is 37.9 Å². The van der Waals surface area contributed by atoms with Crippen molar-refractivity contribution in [3.8, 4) is 0 Å². The lowest BCUT2D eigenvalue weighted by molar-refractivity contribution is -0.146. The van der Waals surface area contributed by atoms with Gasteiger partial charge in [-0.15, -0.1) is 0 Å². The van der Waals surface area contributed by atoms with Crippen LogP contribution in [0.15, 0.2) is 47.1 Å². The summed E-state index contributed by atoms with van der Waals surface area (Å²) in [6.07, 6.45) is 0. The van der Waals surface area contributed by atoms with Gasteiger partial charge in [-0.1, -0.05) is 39.0 Å². The lowest BCUT2D eigenvalue weighted by Gasteiger charge is -2.34. The van der Waals surface area contributed by atoms with Gasteiger partial charge in [-0.3, -0.25) is 4.79 Å². The molecule has 5 heteroatoms. The molecule has 0 fully saturated rings. The zero-order chi connectivity index (χ0) is 17.2. The maximum atomic E-state index is 13.3. The van der Waals surface area contributed by atoms with Gasteiger partial charge < -0.3 is 5.11 Å². The van der Waals surface area contributed by atoms with Crippen LogP contribution in [0, 0.1) is 17.2 Å². The summed E-state index contributed by atoms with van der Waals surface area (Å²) >= 11 is 3.33. The number of halogens is 2. The lowest BCUT2D eigenvalue weighted by atomic mass is 9.69. The van der Waals surface area contributed by atoms with E-state index in [-0.39, 0.29) is 5.82 Å². The molecular weight excluding hydrogens is 361 g/mol. The van der Waals surface area contributed by atoms with Crippen molar-refractivity contribution >= 4 is 21.9 Å². The Morgan fingerprint density at radius 3 is 2.26 bits per heavy atom. The molecule has 0 saturated carbocycles. The summed E-state index contributed by atoms with van der Waals surface area (Å²) in [7, 11) is 0. The van der Waals surface area contributed by atoms with Crippen LogP contribution in [0.2, 0.25) is 0 Å².